The number of hydrogen-bond acceptors (Lipinski definition) is 4. The number of likely N-dealkylation sites (N-methyl/N-ethyl adjacent to an activating group) is 1. The minimum absolute atomic E-state index is 0.589. The first-order chi connectivity index (χ1) is 9.19. The van der Waals surface area contributed by atoms with E-state index >= 15 is 0 Å². The smallest absolute Gasteiger partial charge is 0.123 e. The second-order valence-corrected chi connectivity index (χ2v) is 5.68. The number of rotatable bonds is 9. The van der Waals surface area contributed by atoms with Crippen molar-refractivity contribution in [2.45, 2.75) is 19.5 Å². The Kier molecular flexibility index (Phi) is 7.94. The Morgan fingerprint density at radius 1 is 1.37 bits per heavy atom. The molecular formula is C15H26N2OS. The van der Waals surface area contributed by atoms with Crippen molar-refractivity contribution in [3.05, 3.63) is 29.8 Å². The zero-order chi connectivity index (χ0) is 14.1. The van der Waals surface area contributed by atoms with E-state index in [9.17, 15) is 0 Å². The molecule has 0 bridgehead atoms. The third kappa shape index (κ3) is 5.85. The van der Waals surface area contributed by atoms with Gasteiger partial charge in [-0.15, -0.1) is 0 Å². The van der Waals surface area contributed by atoms with Gasteiger partial charge >= 0.3 is 0 Å². The van der Waals surface area contributed by atoms with Crippen LogP contribution in [0.5, 0.6) is 5.75 Å². The van der Waals surface area contributed by atoms with Gasteiger partial charge in [-0.3, -0.25) is 4.90 Å². The van der Waals surface area contributed by atoms with E-state index in [4.69, 9.17) is 4.74 Å². The van der Waals surface area contributed by atoms with Crippen LogP contribution in [-0.4, -0.2) is 50.2 Å². The number of para-hydroxylation sites is 1. The minimum atomic E-state index is 0.589. The van der Waals surface area contributed by atoms with Crippen molar-refractivity contribution in [1.29, 1.82) is 0 Å². The van der Waals surface area contributed by atoms with Gasteiger partial charge in [-0.25, -0.2) is 0 Å². The first-order valence-electron chi connectivity index (χ1n) is 6.73. The molecule has 0 spiro atoms. The number of ether oxygens (including phenoxy) is 1. The molecule has 1 N–H and O–H groups in total. The van der Waals surface area contributed by atoms with Crippen molar-refractivity contribution in [3.63, 3.8) is 0 Å². The minimum Gasteiger partial charge on any atom is -0.492 e. The molecule has 1 aromatic carbocycles. The molecule has 4 heteroatoms. The van der Waals surface area contributed by atoms with E-state index in [0.29, 0.717) is 6.04 Å². The van der Waals surface area contributed by atoms with Crippen LogP contribution in [0.2, 0.25) is 0 Å². The summed E-state index contributed by atoms with van der Waals surface area (Å²) >= 11 is 1.89. The van der Waals surface area contributed by atoms with Crippen LogP contribution in [0.3, 0.4) is 0 Å². The van der Waals surface area contributed by atoms with Crippen LogP contribution in [0.25, 0.3) is 0 Å². The lowest BCUT2D eigenvalue weighted by Gasteiger charge is -2.24. The fraction of sp³-hybridized carbons (Fsp3) is 0.600. The highest BCUT2D eigenvalue weighted by atomic mass is 32.2. The fourth-order valence-electron chi connectivity index (χ4n) is 1.87. The zero-order valence-electron chi connectivity index (χ0n) is 12.5. The molecule has 108 valence electrons. The van der Waals surface area contributed by atoms with Crippen LogP contribution in [0.15, 0.2) is 24.3 Å². The third-order valence-electron chi connectivity index (χ3n) is 3.20. The summed E-state index contributed by atoms with van der Waals surface area (Å²) in [4.78, 5) is 2.34. The van der Waals surface area contributed by atoms with Gasteiger partial charge in [-0.05, 0) is 33.3 Å². The summed E-state index contributed by atoms with van der Waals surface area (Å²) in [6.45, 7) is 4.78. The van der Waals surface area contributed by atoms with Crippen molar-refractivity contribution < 1.29 is 4.74 Å². The van der Waals surface area contributed by atoms with E-state index in [1.165, 1.54) is 5.56 Å². The van der Waals surface area contributed by atoms with Gasteiger partial charge in [-0.2, -0.15) is 11.8 Å². The summed E-state index contributed by atoms with van der Waals surface area (Å²) in [5.74, 6) is 2.15. The molecular weight excluding hydrogens is 256 g/mol. The third-order valence-corrected chi connectivity index (χ3v) is 4.02. The molecule has 0 amide bonds. The molecule has 0 radical (unpaired) electrons. The zero-order valence-corrected chi connectivity index (χ0v) is 13.3. The quantitative estimate of drug-likeness (QED) is 0.752. The SMILES string of the molecule is CNCc1ccccc1OCCN(C)C(C)CSC. The summed E-state index contributed by atoms with van der Waals surface area (Å²) < 4.78 is 5.90. The van der Waals surface area contributed by atoms with Gasteiger partial charge in [0.15, 0.2) is 0 Å². The van der Waals surface area contributed by atoms with E-state index in [2.05, 4.69) is 36.5 Å². The molecule has 0 fully saturated rings. The van der Waals surface area contributed by atoms with Gasteiger partial charge in [0, 0.05) is 30.4 Å². The van der Waals surface area contributed by atoms with Crippen LogP contribution < -0.4 is 10.1 Å². The number of nitrogens with zero attached hydrogens (tertiary/aromatic N) is 1. The normalized spacial score (nSPS) is 12.7. The second kappa shape index (κ2) is 9.23. The molecule has 0 aliphatic heterocycles. The van der Waals surface area contributed by atoms with Crippen molar-refractivity contribution >= 4 is 11.8 Å². The molecule has 0 aromatic heterocycles. The average Bonchev–Trinajstić information content (AvgIpc) is 2.41. The van der Waals surface area contributed by atoms with E-state index in [1.54, 1.807) is 0 Å². The molecule has 3 nitrogen and oxygen atoms in total. The van der Waals surface area contributed by atoms with Crippen LogP contribution in [0.1, 0.15) is 12.5 Å². The molecule has 1 atom stereocenters. The average molecular weight is 282 g/mol. The lowest BCUT2D eigenvalue weighted by atomic mass is 10.2. The van der Waals surface area contributed by atoms with E-state index in [-0.39, 0.29) is 0 Å². The van der Waals surface area contributed by atoms with Crippen molar-refractivity contribution in [2.24, 2.45) is 0 Å². The Morgan fingerprint density at radius 3 is 2.79 bits per heavy atom. The lowest BCUT2D eigenvalue weighted by molar-refractivity contribution is 0.209. The fourth-order valence-corrected chi connectivity index (χ4v) is 2.61. The van der Waals surface area contributed by atoms with E-state index in [1.807, 2.05) is 37.0 Å². The Hall–Kier alpha value is -0.710. The summed E-state index contributed by atoms with van der Waals surface area (Å²) in [6, 6.07) is 8.80. The van der Waals surface area contributed by atoms with Gasteiger partial charge in [0.2, 0.25) is 0 Å². The van der Waals surface area contributed by atoms with Crippen molar-refractivity contribution in [3.8, 4) is 5.75 Å². The topological polar surface area (TPSA) is 24.5 Å². The van der Waals surface area contributed by atoms with Crippen LogP contribution >= 0.6 is 11.8 Å². The van der Waals surface area contributed by atoms with Gasteiger partial charge in [0.05, 0.1) is 0 Å². The number of benzene rings is 1. The number of nitrogens with one attached hydrogen (secondary N) is 1. The van der Waals surface area contributed by atoms with Crippen LogP contribution in [0, 0.1) is 0 Å². The van der Waals surface area contributed by atoms with Crippen molar-refractivity contribution in [1.82, 2.24) is 10.2 Å². The Labute approximate surface area is 121 Å². The summed E-state index contributed by atoms with van der Waals surface area (Å²) in [6.07, 6.45) is 2.15. The van der Waals surface area contributed by atoms with E-state index < -0.39 is 0 Å². The predicted molar refractivity (Wildman–Crippen MR) is 85.2 cm³/mol. The van der Waals surface area contributed by atoms with Crippen LogP contribution in [-0.2, 0) is 6.54 Å². The van der Waals surface area contributed by atoms with Gasteiger partial charge in [0.1, 0.15) is 12.4 Å². The molecule has 1 rings (SSSR count). The molecule has 0 heterocycles. The highest BCUT2D eigenvalue weighted by Crippen LogP contribution is 2.17. The van der Waals surface area contributed by atoms with Crippen molar-refractivity contribution in [2.75, 3.05) is 39.3 Å². The molecule has 0 saturated carbocycles. The maximum Gasteiger partial charge on any atom is 0.123 e. The highest BCUT2D eigenvalue weighted by Gasteiger charge is 2.08. The predicted octanol–water partition coefficient (Wildman–Crippen LogP) is 2.47. The Balaban J connectivity index is 2.40. The maximum absolute atomic E-state index is 5.90. The van der Waals surface area contributed by atoms with Gasteiger partial charge in [-0.1, -0.05) is 18.2 Å². The second-order valence-electron chi connectivity index (χ2n) is 4.77. The summed E-state index contributed by atoms with van der Waals surface area (Å²) in [7, 11) is 4.11. The number of thioether (sulfide) groups is 1. The maximum atomic E-state index is 5.90. The molecule has 1 unspecified atom stereocenters. The molecule has 0 saturated heterocycles. The molecule has 1 aromatic rings. The standard InChI is InChI=1S/C15H26N2OS/c1-13(12-19-4)17(3)9-10-18-15-8-6-5-7-14(15)11-16-2/h5-8,13,16H,9-12H2,1-4H3. The molecule has 0 aliphatic carbocycles. The first-order valence-corrected chi connectivity index (χ1v) is 8.13. The molecule has 0 aliphatic rings. The Bertz CT molecular complexity index is 360. The summed E-state index contributed by atoms with van der Waals surface area (Å²) in [5.41, 5.74) is 1.21. The largest absolute Gasteiger partial charge is 0.492 e. The monoisotopic (exact) mass is 282 g/mol. The first kappa shape index (κ1) is 16.3. The number of hydrogen-bond donors (Lipinski definition) is 1. The van der Waals surface area contributed by atoms with Crippen LogP contribution in [0.4, 0.5) is 0 Å². The van der Waals surface area contributed by atoms with Gasteiger partial charge < -0.3 is 10.1 Å². The molecule has 19 heavy (non-hydrogen) atoms. The highest BCUT2D eigenvalue weighted by molar-refractivity contribution is 7.98. The lowest BCUT2D eigenvalue weighted by Crippen LogP contribution is -2.34. The summed E-state index contributed by atoms with van der Waals surface area (Å²) in [5, 5.41) is 3.17. The van der Waals surface area contributed by atoms with Gasteiger partial charge in [0.25, 0.3) is 0 Å². The Morgan fingerprint density at radius 2 is 2.11 bits per heavy atom. The van der Waals surface area contributed by atoms with E-state index in [0.717, 1.165) is 31.2 Å².